The van der Waals surface area contributed by atoms with E-state index in [1.165, 1.54) is 0 Å². The van der Waals surface area contributed by atoms with E-state index >= 15 is 0 Å². The zero-order valence-electron chi connectivity index (χ0n) is 14.2. The molecule has 0 aliphatic heterocycles. The molecule has 1 aromatic rings. The molecule has 0 bridgehead atoms. The fraction of sp³-hybridized carbons (Fsp3) is 0.444. The van der Waals surface area contributed by atoms with Crippen LogP contribution in [0.15, 0.2) is 40.1 Å². The molecule has 0 spiro atoms. The average molecular weight is 352 g/mol. The van der Waals surface area contributed by atoms with Crippen molar-refractivity contribution >= 4 is 40.9 Å². The summed E-state index contributed by atoms with van der Waals surface area (Å²) in [5.41, 5.74) is 1.50. The molecule has 1 rings (SSSR count). The number of hydrogen-bond donors (Lipinski definition) is 1. The number of benzene rings is 1. The van der Waals surface area contributed by atoms with Crippen LogP contribution in [0.1, 0.15) is 34.1 Å². The molecule has 0 aromatic heterocycles. The molecule has 3 nitrogen and oxygen atoms in total. The molecule has 1 unspecified atom stereocenters. The van der Waals surface area contributed by atoms with Gasteiger partial charge in [-0.25, -0.2) is 0 Å². The number of carbonyl (C=O) groups is 2. The molecule has 126 valence electrons. The Kier molecular flexibility index (Phi) is 9.10. The van der Waals surface area contributed by atoms with Crippen molar-refractivity contribution in [1.82, 2.24) is 0 Å². The molecule has 1 N–H and O–H groups in total. The molecule has 23 heavy (non-hydrogen) atoms. The summed E-state index contributed by atoms with van der Waals surface area (Å²) in [6, 6.07) is 9.42. The molecule has 0 fully saturated rings. The van der Waals surface area contributed by atoms with Gasteiger partial charge in [-0.1, -0.05) is 39.0 Å². The lowest BCUT2D eigenvalue weighted by Gasteiger charge is -2.19. The van der Waals surface area contributed by atoms with Gasteiger partial charge < -0.3 is 10.1 Å². The smallest absolute Gasteiger partial charge is 0.253 e. The van der Waals surface area contributed by atoms with Crippen LogP contribution in [-0.4, -0.2) is 23.2 Å². The zero-order valence-corrected chi connectivity index (χ0v) is 15.9. The third-order valence-electron chi connectivity index (χ3n) is 3.13. The van der Waals surface area contributed by atoms with Crippen molar-refractivity contribution in [1.29, 1.82) is 0 Å². The molecule has 0 radical (unpaired) electrons. The third-order valence-corrected chi connectivity index (χ3v) is 5.38. The maximum absolute atomic E-state index is 12.8. The summed E-state index contributed by atoms with van der Waals surface area (Å²) < 4.78 is 1.03. The number of carbonyl (C=O) groups excluding carboxylic acids is 2. The molecule has 0 heterocycles. The molecule has 0 saturated carbocycles. The minimum atomic E-state index is -0.109. The van der Waals surface area contributed by atoms with E-state index in [0.717, 1.165) is 27.0 Å². The third kappa shape index (κ3) is 6.83. The number of thioether (sulfide) groups is 2. The Morgan fingerprint density at radius 1 is 1.09 bits per heavy atom. The lowest BCUT2D eigenvalue weighted by atomic mass is 9.96. The summed E-state index contributed by atoms with van der Waals surface area (Å²) >= 11 is 3.35. The first-order valence-corrected chi connectivity index (χ1v) is 9.82. The minimum Gasteiger partial charge on any atom is -0.322 e. The minimum absolute atomic E-state index is 0.0932. The largest absolute Gasteiger partial charge is 0.322 e. The summed E-state index contributed by atoms with van der Waals surface area (Å²) in [6.45, 7) is 7.67. The lowest BCUT2D eigenvalue weighted by molar-refractivity contribution is -0.117. The molecule has 5 heteroatoms. The van der Waals surface area contributed by atoms with Crippen LogP contribution in [0.25, 0.3) is 0 Å². The molecule has 0 aliphatic rings. The number of anilines is 1. The van der Waals surface area contributed by atoms with Crippen LogP contribution in [0.5, 0.6) is 0 Å². The predicted molar refractivity (Wildman–Crippen MR) is 103 cm³/mol. The van der Waals surface area contributed by atoms with Crippen molar-refractivity contribution in [2.45, 2.75) is 34.1 Å². The quantitative estimate of drug-likeness (QED) is 0.639. The monoisotopic (exact) mass is 351 g/mol. The number of nitrogens with one attached hydrogen (secondary N) is 1. The van der Waals surface area contributed by atoms with Gasteiger partial charge in [0.15, 0.2) is 0 Å². The molecule has 0 saturated heterocycles. The van der Waals surface area contributed by atoms with Crippen LogP contribution >= 0.6 is 23.5 Å². The van der Waals surface area contributed by atoms with Crippen LogP contribution in [0.2, 0.25) is 0 Å². The second kappa shape index (κ2) is 10.6. The first-order valence-electron chi connectivity index (χ1n) is 7.85. The highest BCUT2D eigenvalue weighted by Gasteiger charge is 2.23. The summed E-state index contributed by atoms with van der Waals surface area (Å²) in [7, 11) is 0. The van der Waals surface area contributed by atoms with Crippen molar-refractivity contribution in [3.8, 4) is 0 Å². The van der Waals surface area contributed by atoms with Gasteiger partial charge in [0, 0.05) is 21.9 Å². The first-order chi connectivity index (χ1) is 11.0. The van der Waals surface area contributed by atoms with Crippen molar-refractivity contribution in [2.24, 2.45) is 5.92 Å². The van der Waals surface area contributed by atoms with Gasteiger partial charge in [-0.05, 0) is 36.5 Å². The normalized spacial score (nSPS) is 11.7. The highest BCUT2D eigenvalue weighted by atomic mass is 32.2. The number of hydrogen-bond acceptors (Lipinski definition) is 4. The summed E-state index contributed by atoms with van der Waals surface area (Å²) in [4.78, 5) is 24.3. The molecular weight excluding hydrogens is 326 g/mol. The second-order valence-electron chi connectivity index (χ2n) is 5.19. The van der Waals surface area contributed by atoms with Crippen LogP contribution in [0.3, 0.4) is 0 Å². The van der Waals surface area contributed by atoms with E-state index in [9.17, 15) is 9.59 Å². The molecule has 1 aromatic carbocycles. The SMILES string of the molecule is CCSC(SCC)=C(C(=O)Nc1ccccc1)C(C)CC(C)=O. The Balaban J connectivity index is 3.12. The van der Waals surface area contributed by atoms with Gasteiger partial charge >= 0.3 is 0 Å². The molecule has 1 atom stereocenters. The Morgan fingerprint density at radius 3 is 2.13 bits per heavy atom. The summed E-state index contributed by atoms with van der Waals surface area (Å²) in [5, 5.41) is 2.96. The number of ketones is 1. The van der Waals surface area contributed by atoms with Crippen LogP contribution < -0.4 is 5.32 Å². The fourth-order valence-electron chi connectivity index (χ4n) is 2.23. The van der Waals surface area contributed by atoms with Gasteiger partial charge in [0.25, 0.3) is 5.91 Å². The van der Waals surface area contributed by atoms with Gasteiger partial charge in [-0.2, -0.15) is 0 Å². The second-order valence-corrected chi connectivity index (χ2v) is 8.00. The number of Topliss-reactive ketones (excluding diaryl/α,β-unsaturated/α-hetero) is 1. The number of amides is 1. The van der Waals surface area contributed by atoms with E-state index in [4.69, 9.17) is 0 Å². The number of para-hydroxylation sites is 1. The maximum Gasteiger partial charge on any atom is 0.253 e. The van der Waals surface area contributed by atoms with E-state index < -0.39 is 0 Å². The summed E-state index contributed by atoms with van der Waals surface area (Å²) in [5.74, 6) is 1.70. The van der Waals surface area contributed by atoms with Crippen molar-refractivity contribution in [2.75, 3.05) is 16.8 Å². The fourth-order valence-corrected chi connectivity index (χ4v) is 4.69. The van der Waals surface area contributed by atoms with Crippen molar-refractivity contribution in [3.63, 3.8) is 0 Å². The molecular formula is C18H25NO2S2. The standard InChI is InChI=1S/C18H25NO2S2/c1-5-22-18(23-6-2)16(13(3)12-14(4)20)17(21)19-15-10-8-7-9-11-15/h7-11,13H,5-6,12H2,1-4H3,(H,19,21). The van der Waals surface area contributed by atoms with E-state index in [0.29, 0.717) is 6.42 Å². The Labute approximate surface area is 147 Å². The van der Waals surface area contributed by atoms with E-state index in [2.05, 4.69) is 19.2 Å². The highest BCUT2D eigenvalue weighted by Crippen LogP contribution is 2.36. The lowest BCUT2D eigenvalue weighted by Crippen LogP contribution is -2.21. The van der Waals surface area contributed by atoms with Gasteiger partial charge in [0.1, 0.15) is 5.78 Å². The zero-order chi connectivity index (χ0) is 17.2. The highest BCUT2D eigenvalue weighted by molar-refractivity contribution is 8.22. The Hall–Kier alpha value is -1.20. The van der Waals surface area contributed by atoms with Crippen molar-refractivity contribution in [3.05, 3.63) is 40.1 Å². The van der Waals surface area contributed by atoms with Crippen molar-refractivity contribution < 1.29 is 9.59 Å². The Bertz CT molecular complexity index is 547. The maximum atomic E-state index is 12.8. The Morgan fingerprint density at radius 2 is 1.65 bits per heavy atom. The van der Waals surface area contributed by atoms with Crippen LogP contribution in [0, 0.1) is 5.92 Å². The van der Waals surface area contributed by atoms with Gasteiger partial charge in [0.2, 0.25) is 0 Å². The summed E-state index contributed by atoms with van der Waals surface area (Å²) in [6.07, 6.45) is 0.385. The topological polar surface area (TPSA) is 46.2 Å². The van der Waals surface area contributed by atoms with Gasteiger partial charge in [0.05, 0.1) is 0 Å². The van der Waals surface area contributed by atoms with E-state index in [1.54, 1.807) is 30.4 Å². The molecule has 0 aliphatic carbocycles. The van der Waals surface area contributed by atoms with Crippen LogP contribution in [0.4, 0.5) is 5.69 Å². The number of rotatable bonds is 9. The van der Waals surface area contributed by atoms with Gasteiger partial charge in [-0.3, -0.25) is 4.79 Å². The molecule has 1 amide bonds. The van der Waals surface area contributed by atoms with E-state index in [-0.39, 0.29) is 17.6 Å². The average Bonchev–Trinajstić information content (AvgIpc) is 2.48. The first kappa shape index (κ1) is 19.8. The van der Waals surface area contributed by atoms with Crippen LogP contribution in [-0.2, 0) is 9.59 Å². The van der Waals surface area contributed by atoms with E-state index in [1.807, 2.05) is 37.3 Å². The van der Waals surface area contributed by atoms with Gasteiger partial charge in [-0.15, -0.1) is 23.5 Å². The predicted octanol–water partition coefficient (Wildman–Crippen LogP) is 4.96.